The number of carbonyl (C=O) groups excluding carboxylic acids is 2. The molecule has 1 aromatic rings. The van der Waals surface area contributed by atoms with Gasteiger partial charge in [-0.15, -0.1) is 0 Å². The van der Waals surface area contributed by atoms with Crippen molar-refractivity contribution in [1.82, 2.24) is 10.6 Å². The van der Waals surface area contributed by atoms with Crippen LogP contribution in [0, 0.1) is 5.92 Å². The molecule has 7 nitrogen and oxygen atoms in total. The minimum atomic E-state index is -0.805. The molecule has 1 atom stereocenters. The number of nitrogens with one attached hydrogen (secondary N) is 2. The first-order chi connectivity index (χ1) is 14.9. The molecule has 1 aromatic carbocycles. The van der Waals surface area contributed by atoms with E-state index >= 15 is 0 Å². The maximum Gasteiger partial charge on any atom is 0.328 e. The van der Waals surface area contributed by atoms with Gasteiger partial charge in [0, 0.05) is 0 Å². The van der Waals surface area contributed by atoms with Gasteiger partial charge in [-0.25, -0.2) is 4.79 Å². The van der Waals surface area contributed by atoms with Crippen molar-refractivity contribution in [1.29, 1.82) is 0 Å². The number of ether oxygens (including phenoxy) is 2. The molecule has 3 N–H and O–H groups in total. The fourth-order valence-corrected chi connectivity index (χ4v) is 4.39. The smallest absolute Gasteiger partial charge is 0.328 e. The van der Waals surface area contributed by atoms with Gasteiger partial charge < -0.3 is 25.2 Å². The van der Waals surface area contributed by atoms with Gasteiger partial charge >= 0.3 is 5.97 Å². The summed E-state index contributed by atoms with van der Waals surface area (Å²) in [6.07, 6.45) is 7.66. The highest BCUT2D eigenvalue weighted by Crippen LogP contribution is 2.42. The predicted molar refractivity (Wildman–Crippen MR) is 121 cm³/mol. The SMILES string of the molecule is CNCCCCOc1c(Cl)cc(C(=O)NC(CC2CCCCC2)C(=O)OC)c(O)c1Cl. The van der Waals surface area contributed by atoms with Crippen molar-refractivity contribution in [2.75, 3.05) is 27.3 Å². The first-order valence-electron chi connectivity index (χ1n) is 10.8. The molecule has 1 amide bonds. The lowest BCUT2D eigenvalue weighted by atomic mass is 9.84. The largest absolute Gasteiger partial charge is 0.505 e. The number of hydrogen-bond acceptors (Lipinski definition) is 6. The van der Waals surface area contributed by atoms with Crippen molar-refractivity contribution in [3.05, 3.63) is 21.7 Å². The van der Waals surface area contributed by atoms with Crippen molar-refractivity contribution in [2.24, 2.45) is 5.92 Å². The third-order valence-electron chi connectivity index (χ3n) is 5.55. The summed E-state index contributed by atoms with van der Waals surface area (Å²) in [7, 11) is 3.16. The lowest BCUT2D eigenvalue weighted by Crippen LogP contribution is -2.43. The van der Waals surface area contributed by atoms with Crippen LogP contribution in [0.3, 0.4) is 0 Å². The molecule has 0 saturated heterocycles. The van der Waals surface area contributed by atoms with Gasteiger partial charge in [0.1, 0.15) is 11.1 Å². The maximum absolute atomic E-state index is 12.8. The van der Waals surface area contributed by atoms with E-state index in [9.17, 15) is 14.7 Å². The topological polar surface area (TPSA) is 96.9 Å². The second-order valence-electron chi connectivity index (χ2n) is 7.85. The molecule has 2 rings (SSSR count). The number of halogens is 2. The Balaban J connectivity index is 2.10. The van der Waals surface area contributed by atoms with Crippen LogP contribution in [0.4, 0.5) is 0 Å². The Labute approximate surface area is 193 Å². The molecule has 9 heteroatoms. The number of hydrogen-bond donors (Lipinski definition) is 3. The van der Waals surface area contributed by atoms with Gasteiger partial charge in [0.15, 0.2) is 11.5 Å². The second-order valence-corrected chi connectivity index (χ2v) is 8.63. The lowest BCUT2D eigenvalue weighted by molar-refractivity contribution is -0.143. The molecule has 1 aliphatic carbocycles. The fraction of sp³-hybridized carbons (Fsp3) is 0.636. The van der Waals surface area contributed by atoms with E-state index in [4.69, 9.17) is 32.7 Å². The zero-order chi connectivity index (χ0) is 22.8. The van der Waals surface area contributed by atoms with E-state index in [1.165, 1.54) is 19.6 Å². The Morgan fingerprint density at radius 1 is 1.23 bits per heavy atom. The Bertz CT molecular complexity index is 754. The summed E-state index contributed by atoms with van der Waals surface area (Å²) in [5, 5.41) is 16.2. The highest BCUT2D eigenvalue weighted by Gasteiger charge is 2.29. The number of phenols is 1. The van der Waals surface area contributed by atoms with Crippen LogP contribution in [0.5, 0.6) is 11.5 Å². The quantitative estimate of drug-likeness (QED) is 0.326. The summed E-state index contributed by atoms with van der Waals surface area (Å²) in [4.78, 5) is 25.1. The number of esters is 1. The summed E-state index contributed by atoms with van der Waals surface area (Å²) in [5.41, 5.74) is -0.116. The number of amides is 1. The third kappa shape index (κ3) is 7.44. The first-order valence-corrected chi connectivity index (χ1v) is 11.5. The van der Waals surface area contributed by atoms with E-state index in [-0.39, 0.29) is 21.4 Å². The normalized spacial score (nSPS) is 15.4. The van der Waals surface area contributed by atoms with Crippen molar-refractivity contribution >= 4 is 35.1 Å². The lowest BCUT2D eigenvalue weighted by Gasteiger charge is -2.26. The Hall–Kier alpha value is -1.70. The van der Waals surface area contributed by atoms with Gasteiger partial charge in [-0.05, 0) is 44.8 Å². The van der Waals surface area contributed by atoms with Crippen LogP contribution in [-0.2, 0) is 9.53 Å². The first kappa shape index (κ1) is 25.6. The van der Waals surface area contributed by atoms with E-state index in [2.05, 4.69) is 10.6 Å². The van der Waals surface area contributed by atoms with E-state index in [0.29, 0.717) is 18.9 Å². The van der Waals surface area contributed by atoms with Gasteiger partial charge in [-0.1, -0.05) is 55.3 Å². The van der Waals surface area contributed by atoms with Crippen LogP contribution in [-0.4, -0.2) is 50.3 Å². The minimum absolute atomic E-state index is 0.114. The molecule has 31 heavy (non-hydrogen) atoms. The Morgan fingerprint density at radius 2 is 1.94 bits per heavy atom. The molecule has 0 radical (unpaired) electrons. The number of phenolic OH excluding ortho intramolecular Hbond substituents is 1. The Morgan fingerprint density at radius 3 is 2.58 bits per heavy atom. The molecule has 0 aliphatic heterocycles. The number of rotatable bonds is 11. The van der Waals surface area contributed by atoms with Gasteiger partial charge in [-0.2, -0.15) is 0 Å². The Kier molecular flexibility index (Phi) is 10.7. The number of benzene rings is 1. The van der Waals surface area contributed by atoms with Crippen LogP contribution in [0.15, 0.2) is 6.07 Å². The van der Waals surface area contributed by atoms with Crippen molar-refractivity contribution in [3.8, 4) is 11.5 Å². The highest BCUT2D eigenvalue weighted by atomic mass is 35.5. The van der Waals surface area contributed by atoms with Crippen LogP contribution < -0.4 is 15.4 Å². The molecule has 0 bridgehead atoms. The van der Waals surface area contributed by atoms with Crippen molar-refractivity contribution in [2.45, 2.75) is 57.4 Å². The summed E-state index contributed by atoms with van der Waals surface area (Å²) in [6, 6.07) is 0.497. The number of aromatic hydroxyl groups is 1. The van der Waals surface area contributed by atoms with Crippen LogP contribution in [0.2, 0.25) is 10.0 Å². The molecule has 1 unspecified atom stereocenters. The van der Waals surface area contributed by atoms with Crippen molar-refractivity contribution in [3.63, 3.8) is 0 Å². The molecule has 1 saturated carbocycles. The molecule has 174 valence electrons. The zero-order valence-corrected chi connectivity index (χ0v) is 19.7. The maximum atomic E-state index is 12.8. The van der Waals surface area contributed by atoms with Crippen molar-refractivity contribution < 1.29 is 24.2 Å². The molecule has 1 fully saturated rings. The molecular formula is C22H32Cl2N2O5. The monoisotopic (exact) mass is 474 g/mol. The summed E-state index contributed by atoms with van der Waals surface area (Å²) >= 11 is 12.5. The van der Waals surface area contributed by atoms with Gasteiger partial charge in [0.25, 0.3) is 5.91 Å². The van der Waals surface area contributed by atoms with Gasteiger partial charge in [-0.3, -0.25) is 4.79 Å². The average molecular weight is 475 g/mol. The highest BCUT2D eigenvalue weighted by molar-refractivity contribution is 6.39. The summed E-state index contributed by atoms with van der Waals surface area (Å²) in [5.74, 6) is -1.12. The number of carbonyl (C=O) groups is 2. The van der Waals surface area contributed by atoms with Gasteiger partial charge in [0.05, 0.1) is 24.3 Å². The summed E-state index contributed by atoms with van der Waals surface area (Å²) < 4.78 is 10.5. The standard InChI is InChI=1S/C22H32Cl2N2O5/c1-25-10-6-7-11-31-20-16(23)13-15(19(27)18(20)24)21(28)26-17(22(29)30-2)12-14-8-4-3-5-9-14/h13-14,17,25,27H,3-12H2,1-2H3,(H,26,28). The molecule has 0 heterocycles. The zero-order valence-electron chi connectivity index (χ0n) is 18.1. The minimum Gasteiger partial charge on any atom is -0.505 e. The van der Waals surface area contributed by atoms with Gasteiger partial charge in [0.2, 0.25) is 0 Å². The van der Waals surface area contributed by atoms with Crippen LogP contribution >= 0.6 is 23.2 Å². The average Bonchev–Trinajstić information content (AvgIpc) is 2.77. The molecule has 0 spiro atoms. The van der Waals surface area contributed by atoms with Crippen LogP contribution in [0.25, 0.3) is 0 Å². The van der Waals surface area contributed by atoms with E-state index in [0.717, 1.165) is 45.1 Å². The molecular weight excluding hydrogens is 443 g/mol. The second kappa shape index (κ2) is 13.0. The van der Waals surface area contributed by atoms with E-state index < -0.39 is 23.7 Å². The van der Waals surface area contributed by atoms with Crippen LogP contribution in [0.1, 0.15) is 61.7 Å². The predicted octanol–water partition coefficient (Wildman–Crippen LogP) is 4.32. The summed E-state index contributed by atoms with van der Waals surface area (Å²) in [6.45, 7) is 1.23. The molecule has 0 aromatic heterocycles. The number of methoxy groups -OCH3 is 1. The van der Waals surface area contributed by atoms with E-state index in [1.807, 2.05) is 7.05 Å². The van der Waals surface area contributed by atoms with E-state index in [1.54, 1.807) is 0 Å². The fourth-order valence-electron chi connectivity index (χ4n) is 3.82. The third-order valence-corrected chi connectivity index (χ3v) is 6.18. The number of unbranched alkanes of at least 4 members (excludes halogenated alkanes) is 1. The molecule has 1 aliphatic rings.